The van der Waals surface area contributed by atoms with Crippen molar-refractivity contribution in [3.63, 3.8) is 0 Å². The monoisotopic (exact) mass is 359 g/mol. The molecular formula is C15H16BrF2NO2. The number of alkyl halides is 1. The number of carbonyl (C=O) groups is 2. The molecule has 0 bridgehead atoms. The number of ketones is 1. The van der Waals surface area contributed by atoms with Crippen molar-refractivity contribution in [2.24, 2.45) is 11.3 Å². The number of amides is 1. The molecule has 0 saturated heterocycles. The van der Waals surface area contributed by atoms with Gasteiger partial charge in [0.25, 0.3) is 11.7 Å². The molecule has 3 nitrogen and oxygen atoms in total. The minimum Gasteiger partial charge on any atom is -0.304 e. The van der Waals surface area contributed by atoms with Crippen molar-refractivity contribution in [3.05, 3.63) is 29.3 Å². The Bertz CT molecular complexity index is 610. The maximum Gasteiger partial charge on any atom is 0.299 e. The fraction of sp³-hybridized carbons (Fsp3) is 0.467. The largest absolute Gasteiger partial charge is 0.304 e. The second kappa shape index (κ2) is 5.48. The van der Waals surface area contributed by atoms with E-state index in [1.165, 1.54) is 4.90 Å². The van der Waals surface area contributed by atoms with Crippen LogP contribution in [0.3, 0.4) is 0 Å². The van der Waals surface area contributed by atoms with Crippen LogP contribution in [-0.4, -0.2) is 23.6 Å². The highest BCUT2D eigenvalue weighted by Crippen LogP contribution is 2.36. The zero-order chi connectivity index (χ0) is 15.9. The topological polar surface area (TPSA) is 37.4 Å². The Hall–Kier alpha value is -1.30. The van der Waals surface area contributed by atoms with Crippen LogP contribution in [0.5, 0.6) is 0 Å². The molecule has 1 amide bonds. The van der Waals surface area contributed by atoms with Crippen molar-refractivity contribution in [2.45, 2.75) is 20.8 Å². The van der Waals surface area contributed by atoms with Crippen molar-refractivity contribution in [1.29, 1.82) is 0 Å². The van der Waals surface area contributed by atoms with E-state index in [-0.39, 0.29) is 29.1 Å². The Kier molecular flexibility index (Phi) is 4.19. The fourth-order valence-corrected chi connectivity index (χ4v) is 3.47. The predicted molar refractivity (Wildman–Crippen MR) is 79.8 cm³/mol. The Morgan fingerprint density at radius 3 is 2.38 bits per heavy atom. The van der Waals surface area contributed by atoms with Crippen LogP contribution in [0.1, 0.15) is 31.1 Å². The summed E-state index contributed by atoms with van der Waals surface area (Å²) in [6.07, 6.45) is 0. The molecule has 21 heavy (non-hydrogen) atoms. The number of halogens is 3. The highest BCUT2D eigenvalue weighted by Gasteiger charge is 2.41. The molecule has 0 aliphatic carbocycles. The Morgan fingerprint density at radius 1 is 1.24 bits per heavy atom. The summed E-state index contributed by atoms with van der Waals surface area (Å²) < 4.78 is 27.2. The molecule has 1 unspecified atom stereocenters. The first kappa shape index (κ1) is 16.1. The van der Waals surface area contributed by atoms with E-state index in [4.69, 9.17) is 0 Å². The minimum atomic E-state index is -0.989. The van der Waals surface area contributed by atoms with Gasteiger partial charge in [-0.05, 0) is 17.4 Å². The molecule has 0 aromatic heterocycles. The van der Waals surface area contributed by atoms with E-state index in [0.717, 1.165) is 6.07 Å². The molecule has 0 N–H and O–H groups in total. The van der Waals surface area contributed by atoms with Crippen molar-refractivity contribution >= 4 is 33.3 Å². The number of nitrogens with zero attached hydrogens (tertiary/aromatic N) is 1. The molecular weight excluding hydrogens is 344 g/mol. The Morgan fingerprint density at radius 2 is 1.86 bits per heavy atom. The SMILES string of the molecule is CC(C)(C)C(CBr)CN1C(=O)C(=O)c2c(F)cc(F)cc21. The summed E-state index contributed by atoms with van der Waals surface area (Å²) in [7, 11) is 0. The maximum absolute atomic E-state index is 13.8. The molecule has 2 rings (SSSR count). The molecule has 1 aromatic rings. The van der Waals surface area contributed by atoms with Gasteiger partial charge in [-0.1, -0.05) is 36.7 Å². The lowest BCUT2D eigenvalue weighted by Gasteiger charge is -2.32. The normalized spacial score (nSPS) is 16.4. The number of Topliss-reactive ketones (excluding diaryl/α,β-unsaturated/α-hetero) is 1. The molecule has 0 spiro atoms. The number of anilines is 1. The first-order valence-corrected chi connectivity index (χ1v) is 7.70. The number of hydrogen-bond donors (Lipinski definition) is 0. The van der Waals surface area contributed by atoms with Crippen molar-refractivity contribution in [1.82, 2.24) is 0 Å². The zero-order valence-electron chi connectivity index (χ0n) is 12.0. The molecule has 1 aliphatic heterocycles. The molecule has 114 valence electrons. The van der Waals surface area contributed by atoms with Gasteiger partial charge in [0, 0.05) is 17.9 Å². The van der Waals surface area contributed by atoms with Crippen LogP contribution < -0.4 is 4.90 Å². The molecule has 1 atom stereocenters. The molecule has 0 fully saturated rings. The van der Waals surface area contributed by atoms with Crippen molar-refractivity contribution < 1.29 is 18.4 Å². The third-order valence-electron chi connectivity index (χ3n) is 3.81. The van der Waals surface area contributed by atoms with E-state index in [1.807, 2.05) is 20.8 Å². The van der Waals surface area contributed by atoms with Crippen LogP contribution in [0.15, 0.2) is 12.1 Å². The van der Waals surface area contributed by atoms with Gasteiger partial charge in [-0.25, -0.2) is 8.78 Å². The number of fused-ring (bicyclic) bond motifs is 1. The summed E-state index contributed by atoms with van der Waals surface area (Å²) in [4.78, 5) is 25.2. The maximum atomic E-state index is 13.8. The predicted octanol–water partition coefficient (Wildman–Crippen LogP) is 3.55. The van der Waals surface area contributed by atoms with Gasteiger partial charge < -0.3 is 4.90 Å². The Labute approximate surface area is 130 Å². The van der Waals surface area contributed by atoms with Crippen LogP contribution >= 0.6 is 15.9 Å². The highest BCUT2D eigenvalue weighted by molar-refractivity contribution is 9.09. The summed E-state index contributed by atoms with van der Waals surface area (Å²) in [5.74, 6) is -3.47. The lowest BCUT2D eigenvalue weighted by molar-refractivity contribution is -0.114. The standard InChI is InChI=1S/C15H16BrF2NO2/c1-15(2,3)8(6-16)7-19-11-5-9(17)4-10(18)12(11)13(20)14(19)21/h4-5,8H,6-7H2,1-3H3. The summed E-state index contributed by atoms with van der Waals surface area (Å²) in [5, 5.41) is 0.613. The highest BCUT2D eigenvalue weighted by atomic mass is 79.9. The second-order valence-corrected chi connectivity index (χ2v) is 6.89. The number of benzene rings is 1. The summed E-state index contributed by atoms with van der Waals surface area (Å²) in [6, 6.07) is 1.66. The van der Waals surface area contributed by atoms with Gasteiger partial charge in [-0.2, -0.15) is 0 Å². The van der Waals surface area contributed by atoms with E-state index in [2.05, 4.69) is 15.9 Å². The number of carbonyl (C=O) groups excluding carboxylic acids is 2. The summed E-state index contributed by atoms with van der Waals surface area (Å²) in [5.41, 5.74) is -0.428. The van der Waals surface area contributed by atoms with Crippen molar-refractivity contribution in [3.8, 4) is 0 Å². The quantitative estimate of drug-likeness (QED) is 0.611. The Balaban J connectivity index is 2.44. The molecule has 1 aromatic carbocycles. The van der Waals surface area contributed by atoms with Gasteiger partial charge in [0.1, 0.15) is 11.6 Å². The second-order valence-electron chi connectivity index (χ2n) is 6.24. The summed E-state index contributed by atoms with van der Waals surface area (Å²) >= 11 is 3.39. The lowest BCUT2D eigenvalue weighted by Crippen LogP contribution is -2.39. The van der Waals surface area contributed by atoms with Gasteiger partial charge in [-0.3, -0.25) is 9.59 Å². The van der Waals surface area contributed by atoms with E-state index in [9.17, 15) is 18.4 Å². The minimum absolute atomic E-state index is 0.0256. The van der Waals surface area contributed by atoms with Gasteiger partial charge in [0.05, 0.1) is 11.3 Å². The van der Waals surface area contributed by atoms with E-state index < -0.39 is 23.3 Å². The molecule has 0 radical (unpaired) electrons. The van der Waals surface area contributed by atoms with Crippen LogP contribution in [0.25, 0.3) is 0 Å². The first-order valence-electron chi connectivity index (χ1n) is 6.58. The van der Waals surface area contributed by atoms with Crippen LogP contribution in [0.2, 0.25) is 0 Å². The molecule has 1 heterocycles. The van der Waals surface area contributed by atoms with Gasteiger partial charge >= 0.3 is 0 Å². The van der Waals surface area contributed by atoms with Crippen LogP contribution in [0, 0.1) is 23.0 Å². The summed E-state index contributed by atoms with van der Waals surface area (Å²) in [6.45, 7) is 6.26. The van der Waals surface area contributed by atoms with E-state index in [1.54, 1.807) is 0 Å². The van der Waals surface area contributed by atoms with Gasteiger partial charge in [0.2, 0.25) is 0 Å². The average molecular weight is 360 g/mol. The average Bonchev–Trinajstić information content (AvgIpc) is 2.58. The lowest BCUT2D eigenvalue weighted by atomic mass is 9.82. The van der Waals surface area contributed by atoms with Gasteiger partial charge in [-0.15, -0.1) is 0 Å². The third-order valence-corrected chi connectivity index (χ3v) is 4.59. The number of hydrogen-bond acceptors (Lipinski definition) is 2. The zero-order valence-corrected chi connectivity index (χ0v) is 13.6. The molecule has 6 heteroatoms. The van der Waals surface area contributed by atoms with Crippen LogP contribution in [0.4, 0.5) is 14.5 Å². The third kappa shape index (κ3) is 2.86. The van der Waals surface area contributed by atoms with Gasteiger partial charge in [0.15, 0.2) is 0 Å². The number of rotatable bonds is 3. The van der Waals surface area contributed by atoms with E-state index in [0.29, 0.717) is 11.4 Å². The van der Waals surface area contributed by atoms with Crippen LogP contribution in [-0.2, 0) is 4.79 Å². The van der Waals surface area contributed by atoms with Crippen molar-refractivity contribution in [2.75, 3.05) is 16.8 Å². The first-order chi connectivity index (χ1) is 9.66. The fourth-order valence-electron chi connectivity index (χ4n) is 2.29. The molecule has 0 saturated carbocycles. The van der Waals surface area contributed by atoms with E-state index >= 15 is 0 Å². The smallest absolute Gasteiger partial charge is 0.299 e. The molecule has 1 aliphatic rings.